The van der Waals surface area contributed by atoms with Crippen LogP contribution in [0.25, 0.3) is 0 Å². The summed E-state index contributed by atoms with van der Waals surface area (Å²) in [6.45, 7) is 5.21. The van der Waals surface area contributed by atoms with Gasteiger partial charge >= 0.3 is 0 Å². The van der Waals surface area contributed by atoms with Gasteiger partial charge < -0.3 is 16.0 Å². The Kier molecular flexibility index (Phi) is 8.50. The molecule has 8 nitrogen and oxygen atoms in total. The highest BCUT2D eigenvalue weighted by molar-refractivity contribution is 7.89. The molecule has 156 valence electrons. The first-order valence-corrected chi connectivity index (χ1v) is 11.7. The molecule has 0 bridgehead atoms. The highest BCUT2D eigenvalue weighted by atomic mass is 32.2. The van der Waals surface area contributed by atoms with Gasteiger partial charge in [0, 0.05) is 19.6 Å². The summed E-state index contributed by atoms with van der Waals surface area (Å²) in [6.07, 6.45) is 5.40. The number of sulfonamides is 1. The average Bonchev–Trinajstić information content (AvgIpc) is 2.65. The molecule has 2 saturated heterocycles. The van der Waals surface area contributed by atoms with Gasteiger partial charge in [0.25, 0.3) is 0 Å². The molecule has 2 atom stereocenters. The van der Waals surface area contributed by atoms with Crippen LogP contribution in [0.2, 0.25) is 0 Å². The molecule has 0 radical (unpaired) electrons. The summed E-state index contributed by atoms with van der Waals surface area (Å²) in [4.78, 5) is 26.1. The zero-order valence-electron chi connectivity index (χ0n) is 16.4. The molecular weight excluding hydrogens is 368 g/mol. The third-order valence-electron chi connectivity index (χ3n) is 5.43. The molecule has 2 heterocycles. The van der Waals surface area contributed by atoms with E-state index in [1.54, 1.807) is 0 Å². The molecule has 2 aliphatic rings. The average molecular weight is 403 g/mol. The van der Waals surface area contributed by atoms with Crippen LogP contribution in [0, 0.1) is 5.92 Å². The SMILES string of the molecule is CCCS(=O)(=O)N1CCCCC1C(=O)NCCCN1CCCC(C(N)=O)C1. The molecule has 3 N–H and O–H groups in total. The van der Waals surface area contributed by atoms with Crippen LogP contribution in [0.3, 0.4) is 0 Å². The van der Waals surface area contributed by atoms with Crippen LogP contribution in [0.5, 0.6) is 0 Å². The number of hydrogen-bond donors (Lipinski definition) is 2. The van der Waals surface area contributed by atoms with Gasteiger partial charge in [-0.25, -0.2) is 8.42 Å². The number of nitrogens with zero attached hydrogens (tertiary/aromatic N) is 2. The minimum atomic E-state index is -3.37. The van der Waals surface area contributed by atoms with E-state index in [0.29, 0.717) is 32.5 Å². The minimum absolute atomic E-state index is 0.0760. The van der Waals surface area contributed by atoms with E-state index in [0.717, 1.165) is 45.2 Å². The lowest BCUT2D eigenvalue weighted by atomic mass is 9.97. The number of amides is 2. The topological polar surface area (TPSA) is 113 Å². The minimum Gasteiger partial charge on any atom is -0.369 e. The monoisotopic (exact) mass is 402 g/mol. The van der Waals surface area contributed by atoms with Crippen LogP contribution in [0.15, 0.2) is 0 Å². The van der Waals surface area contributed by atoms with Crippen molar-refractivity contribution in [2.45, 2.75) is 57.9 Å². The van der Waals surface area contributed by atoms with E-state index in [9.17, 15) is 18.0 Å². The Morgan fingerprint density at radius 1 is 1.15 bits per heavy atom. The molecule has 0 saturated carbocycles. The van der Waals surface area contributed by atoms with E-state index in [2.05, 4.69) is 10.2 Å². The predicted octanol–water partition coefficient (Wildman–Crippen LogP) is 0.284. The second-order valence-electron chi connectivity index (χ2n) is 7.63. The maximum Gasteiger partial charge on any atom is 0.238 e. The second kappa shape index (κ2) is 10.4. The largest absolute Gasteiger partial charge is 0.369 e. The number of nitrogens with one attached hydrogen (secondary N) is 1. The zero-order valence-corrected chi connectivity index (χ0v) is 17.2. The van der Waals surface area contributed by atoms with Crippen LogP contribution in [-0.2, 0) is 19.6 Å². The highest BCUT2D eigenvalue weighted by Crippen LogP contribution is 2.21. The smallest absolute Gasteiger partial charge is 0.238 e. The molecule has 9 heteroatoms. The van der Waals surface area contributed by atoms with Crippen LogP contribution in [-0.4, -0.2) is 74.0 Å². The van der Waals surface area contributed by atoms with Crippen molar-refractivity contribution in [3.05, 3.63) is 0 Å². The molecule has 0 aromatic heterocycles. The number of primary amides is 1. The number of piperidine rings is 2. The van der Waals surface area contributed by atoms with E-state index in [1.165, 1.54) is 4.31 Å². The van der Waals surface area contributed by atoms with Crippen LogP contribution >= 0.6 is 0 Å². The van der Waals surface area contributed by atoms with Crippen molar-refractivity contribution in [3.8, 4) is 0 Å². The van der Waals surface area contributed by atoms with Crippen molar-refractivity contribution >= 4 is 21.8 Å². The lowest BCUT2D eigenvalue weighted by Gasteiger charge is -2.34. The zero-order chi connectivity index (χ0) is 19.9. The normalized spacial score (nSPS) is 25.2. The maximum absolute atomic E-state index is 12.6. The van der Waals surface area contributed by atoms with Crippen LogP contribution in [0.1, 0.15) is 51.9 Å². The summed E-state index contributed by atoms with van der Waals surface area (Å²) in [5.41, 5.74) is 5.40. The highest BCUT2D eigenvalue weighted by Gasteiger charge is 2.35. The molecule has 27 heavy (non-hydrogen) atoms. The van der Waals surface area contributed by atoms with E-state index in [4.69, 9.17) is 5.73 Å². The fourth-order valence-corrected chi connectivity index (χ4v) is 5.74. The molecule has 2 rings (SSSR count). The van der Waals surface area contributed by atoms with E-state index >= 15 is 0 Å². The fourth-order valence-electron chi connectivity index (χ4n) is 4.00. The van der Waals surface area contributed by atoms with Crippen LogP contribution < -0.4 is 11.1 Å². The summed E-state index contributed by atoms with van der Waals surface area (Å²) in [6, 6.07) is -0.579. The number of rotatable bonds is 9. The van der Waals surface area contributed by atoms with Crippen molar-refractivity contribution in [2.75, 3.05) is 38.5 Å². The van der Waals surface area contributed by atoms with Crippen molar-refractivity contribution < 1.29 is 18.0 Å². The maximum atomic E-state index is 12.6. The summed E-state index contributed by atoms with van der Waals surface area (Å²) in [7, 11) is -3.37. The van der Waals surface area contributed by atoms with Crippen LogP contribution in [0.4, 0.5) is 0 Å². The quantitative estimate of drug-likeness (QED) is 0.538. The first kappa shape index (κ1) is 22.1. The van der Waals surface area contributed by atoms with Gasteiger partial charge in [-0.2, -0.15) is 4.31 Å². The van der Waals surface area contributed by atoms with Crippen molar-refractivity contribution in [3.63, 3.8) is 0 Å². The third-order valence-corrected chi connectivity index (χ3v) is 7.51. The Morgan fingerprint density at radius 3 is 2.63 bits per heavy atom. The summed E-state index contributed by atoms with van der Waals surface area (Å²) in [5.74, 6) is -0.415. The number of hydrogen-bond acceptors (Lipinski definition) is 5. The van der Waals surface area contributed by atoms with Gasteiger partial charge in [0.1, 0.15) is 6.04 Å². The molecular formula is C18H34N4O4S. The molecule has 0 spiro atoms. The fraction of sp³-hybridized carbons (Fsp3) is 0.889. The summed E-state index contributed by atoms with van der Waals surface area (Å²) < 4.78 is 26.2. The Morgan fingerprint density at radius 2 is 1.93 bits per heavy atom. The van der Waals surface area contributed by atoms with E-state index < -0.39 is 16.1 Å². The summed E-state index contributed by atoms with van der Waals surface area (Å²) in [5, 5.41) is 2.91. The molecule has 0 aromatic carbocycles. The lowest BCUT2D eigenvalue weighted by Crippen LogP contribution is -2.52. The van der Waals surface area contributed by atoms with Crippen molar-refractivity contribution in [1.82, 2.24) is 14.5 Å². The standard InChI is InChI=1S/C18H34N4O4S/c1-2-13-27(25,26)22-12-4-3-8-16(22)18(24)20-9-6-11-21-10-5-7-15(14-21)17(19)23/h15-16H,2-14H2,1H3,(H2,19,23)(H,20,24). The van der Waals surface area contributed by atoms with E-state index in [1.807, 2.05) is 6.92 Å². The van der Waals surface area contributed by atoms with E-state index in [-0.39, 0.29) is 23.5 Å². The number of nitrogens with two attached hydrogens (primary N) is 1. The van der Waals surface area contributed by atoms with Crippen molar-refractivity contribution in [2.24, 2.45) is 11.7 Å². The van der Waals surface area contributed by atoms with Gasteiger partial charge in [-0.3, -0.25) is 9.59 Å². The number of carbonyl (C=O) groups excluding carboxylic acids is 2. The number of likely N-dealkylation sites (tertiary alicyclic amines) is 1. The molecule has 0 aliphatic carbocycles. The van der Waals surface area contributed by atoms with Gasteiger partial charge in [-0.05, 0) is 51.6 Å². The Bertz CT molecular complexity index is 610. The Balaban J connectivity index is 1.78. The third kappa shape index (κ3) is 6.43. The van der Waals surface area contributed by atoms with Gasteiger partial charge in [0.2, 0.25) is 21.8 Å². The molecule has 2 unspecified atom stereocenters. The van der Waals surface area contributed by atoms with Gasteiger partial charge in [0.05, 0.1) is 11.7 Å². The van der Waals surface area contributed by atoms with Gasteiger partial charge in [-0.1, -0.05) is 13.3 Å². The Labute approximate surface area is 162 Å². The predicted molar refractivity (Wildman–Crippen MR) is 104 cm³/mol. The van der Waals surface area contributed by atoms with Crippen molar-refractivity contribution in [1.29, 1.82) is 0 Å². The molecule has 0 aromatic rings. The first-order chi connectivity index (χ1) is 12.8. The molecule has 2 fully saturated rings. The molecule has 2 aliphatic heterocycles. The van der Waals surface area contributed by atoms with Gasteiger partial charge in [0.15, 0.2) is 0 Å². The number of carbonyl (C=O) groups is 2. The first-order valence-electron chi connectivity index (χ1n) is 10.1. The van der Waals surface area contributed by atoms with Gasteiger partial charge in [-0.15, -0.1) is 0 Å². The Hall–Kier alpha value is -1.19. The second-order valence-corrected chi connectivity index (χ2v) is 9.67. The summed E-state index contributed by atoms with van der Waals surface area (Å²) >= 11 is 0. The lowest BCUT2D eigenvalue weighted by molar-refractivity contribution is -0.125. The molecule has 2 amide bonds.